The lowest BCUT2D eigenvalue weighted by Crippen LogP contribution is -2.51. The lowest BCUT2D eigenvalue weighted by atomic mass is 10.1. The highest BCUT2D eigenvalue weighted by Gasteiger charge is 2.40. The van der Waals surface area contributed by atoms with Gasteiger partial charge in [-0.15, -0.1) is 16.4 Å². The largest absolute Gasteiger partial charge is 0.341 e. The Morgan fingerprint density at radius 3 is 2.70 bits per heavy atom. The van der Waals surface area contributed by atoms with Gasteiger partial charge in [0.05, 0.1) is 4.88 Å². The first-order valence-corrected chi connectivity index (χ1v) is 13.0. The van der Waals surface area contributed by atoms with E-state index in [0.29, 0.717) is 23.5 Å². The Morgan fingerprint density at radius 2 is 2.00 bits per heavy atom. The minimum absolute atomic E-state index is 0.0636. The average Bonchev–Trinajstić information content (AvgIpc) is 3.49. The molecular weight excluding hydrogens is 446 g/mol. The van der Waals surface area contributed by atoms with E-state index in [4.69, 9.17) is 0 Å². The van der Waals surface area contributed by atoms with Gasteiger partial charge in [-0.25, -0.2) is 8.42 Å². The van der Waals surface area contributed by atoms with Crippen LogP contribution in [0.25, 0.3) is 10.6 Å². The summed E-state index contributed by atoms with van der Waals surface area (Å²) in [4.78, 5) is 29.6. The zero-order chi connectivity index (χ0) is 21.3. The van der Waals surface area contributed by atoms with Crippen LogP contribution in [0, 0.1) is 0 Å². The van der Waals surface area contributed by atoms with Gasteiger partial charge in [0, 0.05) is 25.0 Å². The van der Waals surface area contributed by atoms with Crippen LogP contribution in [-0.2, 0) is 19.6 Å². The standard InChI is InChI=1S/C18H23N5O4S3/c1-12(17(24)22-8-3-2-4-9-22)23-10-7-13(18(23)25)20-30(26,27)16-6-5-15(29-16)14-11-28-21-19-14/h5-6,11-13,20H,2-4,7-10H2,1H3/t12-,13?/m0/s1. The summed E-state index contributed by atoms with van der Waals surface area (Å²) in [6.07, 6.45) is 3.42. The molecule has 4 heterocycles. The molecule has 30 heavy (non-hydrogen) atoms. The van der Waals surface area contributed by atoms with Crippen LogP contribution in [0.3, 0.4) is 0 Å². The lowest BCUT2D eigenvalue weighted by molar-refractivity contribution is -0.143. The number of hydrogen-bond donors (Lipinski definition) is 1. The smallest absolute Gasteiger partial charge is 0.250 e. The Morgan fingerprint density at radius 1 is 1.23 bits per heavy atom. The molecule has 2 aliphatic heterocycles. The summed E-state index contributed by atoms with van der Waals surface area (Å²) >= 11 is 2.27. The van der Waals surface area contributed by atoms with E-state index < -0.39 is 22.1 Å². The van der Waals surface area contributed by atoms with E-state index in [1.54, 1.807) is 23.3 Å². The number of carbonyl (C=O) groups excluding carboxylic acids is 2. The van der Waals surface area contributed by atoms with Crippen LogP contribution in [0.4, 0.5) is 0 Å². The molecule has 0 aromatic carbocycles. The van der Waals surface area contributed by atoms with Crippen molar-refractivity contribution in [2.75, 3.05) is 19.6 Å². The third-order valence-corrected chi connectivity index (χ3v) is 9.06. The fourth-order valence-corrected chi connectivity index (χ4v) is 6.86. The van der Waals surface area contributed by atoms with E-state index >= 15 is 0 Å². The van der Waals surface area contributed by atoms with Crippen molar-refractivity contribution in [2.45, 2.75) is 48.9 Å². The zero-order valence-corrected chi connectivity index (χ0v) is 18.9. The van der Waals surface area contributed by atoms with Gasteiger partial charge in [-0.1, -0.05) is 4.49 Å². The fraction of sp³-hybridized carbons (Fsp3) is 0.556. The molecule has 9 nitrogen and oxygen atoms in total. The number of likely N-dealkylation sites (tertiary alicyclic amines) is 2. The summed E-state index contributed by atoms with van der Waals surface area (Å²) in [6, 6.07) is 1.73. The molecule has 4 rings (SSSR count). The predicted octanol–water partition coefficient (Wildman–Crippen LogP) is 1.55. The van der Waals surface area contributed by atoms with Crippen LogP contribution in [-0.4, -0.2) is 71.3 Å². The van der Waals surface area contributed by atoms with Crippen LogP contribution >= 0.6 is 22.9 Å². The maximum atomic E-state index is 12.8. The van der Waals surface area contributed by atoms with Gasteiger partial charge < -0.3 is 9.80 Å². The van der Waals surface area contributed by atoms with Crippen LogP contribution in [0.2, 0.25) is 0 Å². The van der Waals surface area contributed by atoms with Gasteiger partial charge in [-0.05, 0) is 56.3 Å². The van der Waals surface area contributed by atoms with Crippen LogP contribution in [0.5, 0.6) is 0 Å². The number of sulfonamides is 1. The summed E-state index contributed by atoms with van der Waals surface area (Å²) in [5.74, 6) is -0.414. The molecule has 162 valence electrons. The van der Waals surface area contributed by atoms with Crippen LogP contribution in [0.1, 0.15) is 32.6 Å². The topological polar surface area (TPSA) is 113 Å². The number of hydrogen-bond acceptors (Lipinski definition) is 8. The van der Waals surface area contributed by atoms with Gasteiger partial charge >= 0.3 is 0 Å². The molecule has 0 radical (unpaired) electrons. The number of carbonyl (C=O) groups is 2. The molecule has 2 saturated heterocycles. The molecule has 0 saturated carbocycles. The second-order valence-corrected chi connectivity index (χ2v) is 11.1. The van der Waals surface area contributed by atoms with Crippen molar-refractivity contribution in [3.63, 3.8) is 0 Å². The minimum atomic E-state index is -3.86. The van der Waals surface area contributed by atoms with Gasteiger partial charge in [-0.3, -0.25) is 9.59 Å². The van der Waals surface area contributed by atoms with E-state index in [1.165, 1.54) is 22.5 Å². The average molecular weight is 470 g/mol. The molecule has 0 spiro atoms. The number of thiophene rings is 1. The second-order valence-electron chi connectivity index (χ2n) is 7.46. The summed E-state index contributed by atoms with van der Waals surface area (Å²) in [6.45, 7) is 3.51. The number of amides is 2. The predicted molar refractivity (Wildman–Crippen MR) is 114 cm³/mol. The minimum Gasteiger partial charge on any atom is -0.341 e. The Bertz CT molecular complexity index is 1010. The van der Waals surface area contributed by atoms with E-state index in [2.05, 4.69) is 14.3 Å². The second kappa shape index (κ2) is 8.69. The Hall–Kier alpha value is -1.89. The van der Waals surface area contributed by atoms with E-state index in [9.17, 15) is 18.0 Å². The molecule has 2 aromatic rings. The summed E-state index contributed by atoms with van der Waals surface area (Å²) in [7, 11) is -3.86. The molecule has 2 fully saturated rings. The normalized spacial score (nSPS) is 21.2. The van der Waals surface area contributed by atoms with Crippen LogP contribution < -0.4 is 4.72 Å². The molecule has 2 aromatic heterocycles. The van der Waals surface area contributed by atoms with Gasteiger partial charge in [-0.2, -0.15) is 4.72 Å². The molecule has 1 N–H and O–H groups in total. The number of rotatable bonds is 6. The van der Waals surface area contributed by atoms with Gasteiger partial charge in [0.15, 0.2) is 0 Å². The van der Waals surface area contributed by atoms with Crippen LogP contribution in [0.15, 0.2) is 21.7 Å². The van der Waals surface area contributed by atoms with Crippen molar-refractivity contribution >= 4 is 44.7 Å². The maximum absolute atomic E-state index is 12.8. The maximum Gasteiger partial charge on any atom is 0.250 e. The molecule has 0 aliphatic carbocycles. The van der Waals surface area contributed by atoms with Crippen molar-refractivity contribution in [3.8, 4) is 10.6 Å². The fourth-order valence-electron chi connectivity index (χ4n) is 3.83. The number of aromatic nitrogens is 2. The number of nitrogens with zero attached hydrogens (tertiary/aromatic N) is 4. The van der Waals surface area contributed by atoms with Gasteiger partial charge in [0.1, 0.15) is 22.0 Å². The highest BCUT2D eigenvalue weighted by Crippen LogP contribution is 2.30. The summed E-state index contributed by atoms with van der Waals surface area (Å²) in [5.41, 5.74) is 0.625. The van der Waals surface area contributed by atoms with Gasteiger partial charge in [0.25, 0.3) is 10.0 Å². The Balaban J connectivity index is 1.41. The van der Waals surface area contributed by atoms with Crippen molar-refractivity contribution in [3.05, 3.63) is 17.5 Å². The number of nitrogens with one attached hydrogen (secondary N) is 1. The van der Waals surface area contributed by atoms with E-state index in [0.717, 1.165) is 43.7 Å². The molecule has 2 amide bonds. The first-order valence-electron chi connectivity index (χ1n) is 9.86. The van der Waals surface area contributed by atoms with Crippen molar-refractivity contribution < 1.29 is 18.0 Å². The number of piperidine rings is 1. The summed E-state index contributed by atoms with van der Waals surface area (Å²) in [5, 5.41) is 5.69. The summed E-state index contributed by atoms with van der Waals surface area (Å²) < 4.78 is 32.0. The first-order chi connectivity index (χ1) is 14.4. The van der Waals surface area contributed by atoms with E-state index in [-0.39, 0.29) is 16.0 Å². The SMILES string of the molecule is C[C@@H](C(=O)N1CCCCC1)N1CCC(NS(=O)(=O)c2ccc(-c3csnn3)s2)C1=O. The van der Waals surface area contributed by atoms with Gasteiger partial charge in [0.2, 0.25) is 11.8 Å². The molecule has 2 atom stereocenters. The first kappa shape index (κ1) is 21.3. The van der Waals surface area contributed by atoms with Crippen molar-refractivity contribution in [1.29, 1.82) is 0 Å². The monoisotopic (exact) mass is 469 g/mol. The molecule has 0 bridgehead atoms. The van der Waals surface area contributed by atoms with Crippen molar-refractivity contribution in [2.24, 2.45) is 0 Å². The Labute approximate surface area is 183 Å². The third-order valence-electron chi connectivity index (χ3n) is 5.49. The molecule has 1 unspecified atom stereocenters. The van der Waals surface area contributed by atoms with Crippen molar-refractivity contribution in [1.82, 2.24) is 24.1 Å². The molecular formula is C18H23N5O4S3. The zero-order valence-electron chi connectivity index (χ0n) is 16.5. The highest BCUT2D eigenvalue weighted by atomic mass is 32.2. The van der Waals surface area contributed by atoms with E-state index in [1.807, 2.05) is 0 Å². The highest BCUT2D eigenvalue weighted by molar-refractivity contribution is 7.91. The molecule has 12 heteroatoms. The quantitative estimate of drug-likeness (QED) is 0.687. The lowest BCUT2D eigenvalue weighted by Gasteiger charge is -2.32. The Kier molecular flexibility index (Phi) is 6.19. The third kappa shape index (κ3) is 4.27. The molecule has 2 aliphatic rings.